The summed E-state index contributed by atoms with van der Waals surface area (Å²) < 4.78 is 9.57. The van der Waals surface area contributed by atoms with Crippen LogP contribution in [0.3, 0.4) is 0 Å². The third-order valence-corrected chi connectivity index (χ3v) is 2.10. The van der Waals surface area contributed by atoms with Gasteiger partial charge in [-0.15, -0.1) is 0 Å². The molecule has 0 aromatic rings. The van der Waals surface area contributed by atoms with Crippen LogP contribution >= 0.6 is 0 Å². The maximum Gasteiger partial charge on any atom is 0.326 e. The Labute approximate surface area is 93.5 Å². The lowest BCUT2D eigenvalue weighted by molar-refractivity contribution is -0.164. The van der Waals surface area contributed by atoms with E-state index in [2.05, 4.69) is 0 Å². The van der Waals surface area contributed by atoms with Crippen molar-refractivity contribution >= 4 is 17.8 Å². The Morgan fingerprint density at radius 1 is 1.38 bits per heavy atom. The maximum absolute atomic E-state index is 11.3. The summed E-state index contributed by atoms with van der Waals surface area (Å²) in [5, 5.41) is 0. The standard InChI is InChI=1S/C10H15NO5/c1-2-3-4-16-10(14)5-11-8(12)6-15-7-9(11)13/h2-7H2,1H3. The first-order valence-corrected chi connectivity index (χ1v) is 5.21. The monoisotopic (exact) mass is 229 g/mol. The number of nitrogens with zero attached hydrogens (tertiary/aromatic N) is 1. The minimum absolute atomic E-state index is 0.159. The van der Waals surface area contributed by atoms with Crippen LogP contribution < -0.4 is 0 Å². The Kier molecular flexibility index (Phi) is 4.91. The van der Waals surface area contributed by atoms with Gasteiger partial charge in [0.25, 0.3) is 11.8 Å². The van der Waals surface area contributed by atoms with Crippen LogP contribution in [0, 0.1) is 0 Å². The van der Waals surface area contributed by atoms with E-state index in [9.17, 15) is 14.4 Å². The Hall–Kier alpha value is -1.43. The molecule has 0 N–H and O–H groups in total. The minimum Gasteiger partial charge on any atom is -0.464 e. The third-order valence-electron chi connectivity index (χ3n) is 2.10. The van der Waals surface area contributed by atoms with Crippen LogP contribution in [0.1, 0.15) is 19.8 Å². The second kappa shape index (κ2) is 6.22. The van der Waals surface area contributed by atoms with Gasteiger partial charge in [0.05, 0.1) is 6.61 Å². The predicted molar refractivity (Wildman–Crippen MR) is 53.4 cm³/mol. The lowest BCUT2D eigenvalue weighted by atomic mass is 10.3. The Morgan fingerprint density at radius 2 is 2.00 bits per heavy atom. The second-order valence-corrected chi connectivity index (χ2v) is 3.44. The number of imide groups is 1. The average molecular weight is 229 g/mol. The molecule has 0 aromatic heterocycles. The fraction of sp³-hybridized carbons (Fsp3) is 0.700. The summed E-state index contributed by atoms with van der Waals surface area (Å²) >= 11 is 0. The van der Waals surface area contributed by atoms with Crippen molar-refractivity contribution in [3.8, 4) is 0 Å². The van der Waals surface area contributed by atoms with Crippen LogP contribution in [0.5, 0.6) is 0 Å². The number of amides is 2. The molecule has 0 aromatic carbocycles. The zero-order chi connectivity index (χ0) is 12.0. The molecule has 0 radical (unpaired) electrons. The van der Waals surface area contributed by atoms with E-state index in [0.29, 0.717) is 6.61 Å². The first-order valence-electron chi connectivity index (χ1n) is 5.21. The van der Waals surface area contributed by atoms with Gasteiger partial charge >= 0.3 is 5.97 Å². The molecule has 16 heavy (non-hydrogen) atoms. The second-order valence-electron chi connectivity index (χ2n) is 3.44. The molecule has 2 amide bonds. The van der Waals surface area contributed by atoms with E-state index >= 15 is 0 Å². The van der Waals surface area contributed by atoms with E-state index in [1.807, 2.05) is 6.92 Å². The highest BCUT2D eigenvalue weighted by atomic mass is 16.5. The molecule has 90 valence electrons. The predicted octanol–water partition coefficient (Wildman–Crippen LogP) is -0.285. The van der Waals surface area contributed by atoms with Crippen LogP contribution in [-0.2, 0) is 23.9 Å². The van der Waals surface area contributed by atoms with Gasteiger partial charge in [0.15, 0.2) is 0 Å². The molecule has 0 bridgehead atoms. The van der Waals surface area contributed by atoms with Crippen molar-refractivity contribution in [2.45, 2.75) is 19.8 Å². The van der Waals surface area contributed by atoms with E-state index in [-0.39, 0.29) is 19.8 Å². The summed E-state index contributed by atoms with van der Waals surface area (Å²) in [6, 6.07) is 0. The summed E-state index contributed by atoms with van der Waals surface area (Å²) in [5.74, 6) is -1.55. The first-order chi connectivity index (χ1) is 7.65. The van der Waals surface area contributed by atoms with E-state index in [4.69, 9.17) is 9.47 Å². The normalized spacial score (nSPS) is 16.4. The van der Waals surface area contributed by atoms with E-state index < -0.39 is 17.8 Å². The molecule has 0 unspecified atom stereocenters. The quantitative estimate of drug-likeness (QED) is 0.368. The highest BCUT2D eigenvalue weighted by molar-refractivity contribution is 6.00. The van der Waals surface area contributed by atoms with Crippen molar-refractivity contribution < 1.29 is 23.9 Å². The van der Waals surface area contributed by atoms with Gasteiger partial charge in [-0.2, -0.15) is 0 Å². The molecule has 1 rings (SSSR count). The van der Waals surface area contributed by atoms with Crippen molar-refractivity contribution in [2.75, 3.05) is 26.4 Å². The highest BCUT2D eigenvalue weighted by Gasteiger charge is 2.28. The lowest BCUT2D eigenvalue weighted by Crippen LogP contribution is -2.48. The van der Waals surface area contributed by atoms with Gasteiger partial charge in [0.1, 0.15) is 19.8 Å². The summed E-state index contributed by atoms with van der Waals surface area (Å²) in [5.41, 5.74) is 0. The molecule has 6 heteroatoms. The fourth-order valence-electron chi connectivity index (χ4n) is 1.20. The number of carbonyl (C=O) groups is 3. The van der Waals surface area contributed by atoms with Crippen LogP contribution in [-0.4, -0.2) is 49.0 Å². The molecule has 1 aliphatic heterocycles. The largest absolute Gasteiger partial charge is 0.464 e. The van der Waals surface area contributed by atoms with Crippen LogP contribution in [0.4, 0.5) is 0 Å². The van der Waals surface area contributed by atoms with Crippen molar-refractivity contribution in [1.82, 2.24) is 4.90 Å². The molecule has 0 saturated carbocycles. The topological polar surface area (TPSA) is 72.9 Å². The zero-order valence-corrected chi connectivity index (χ0v) is 9.23. The molecule has 0 aliphatic carbocycles. The van der Waals surface area contributed by atoms with Gasteiger partial charge in [0, 0.05) is 0 Å². The van der Waals surface area contributed by atoms with Gasteiger partial charge in [-0.05, 0) is 6.42 Å². The number of hydrogen-bond acceptors (Lipinski definition) is 5. The molecule has 0 spiro atoms. The smallest absolute Gasteiger partial charge is 0.326 e. The van der Waals surface area contributed by atoms with Crippen LogP contribution in [0.15, 0.2) is 0 Å². The Morgan fingerprint density at radius 3 is 2.56 bits per heavy atom. The molecule has 6 nitrogen and oxygen atoms in total. The van der Waals surface area contributed by atoms with Crippen LogP contribution in [0.25, 0.3) is 0 Å². The molecular weight excluding hydrogens is 214 g/mol. The number of esters is 1. The number of hydrogen-bond donors (Lipinski definition) is 0. The molecule has 1 heterocycles. The lowest BCUT2D eigenvalue weighted by Gasteiger charge is -2.23. The van der Waals surface area contributed by atoms with Gasteiger partial charge in [0.2, 0.25) is 0 Å². The summed E-state index contributed by atoms with van der Waals surface area (Å²) in [6.45, 7) is 1.66. The average Bonchev–Trinajstić information content (AvgIpc) is 2.24. The number of ether oxygens (including phenoxy) is 2. The van der Waals surface area contributed by atoms with E-state index in [1.54, 1.807) is 0 Å². The Bertz CT molecular complexity index is 273. The summed E-state index contributed by atoms with van der Waals surface area (Å²) in [4.78, 5) is 34.6. The SMILES string of the molecule is CCCCOC(=O)CN1C(=O)COCC1=O. The zero-order valence-electron chi connectivity index (χ0n) is 9.23. The van der Waals surface area contributed by atoms with Crippen molar-refractivity contribution in [3.05, 3.63) is 0 Å². The van der Waals surface area contributed by atoms with E-state index in [1.165, 1.54) is 0 Å². The third kappa shape index (κ3) is 3.62. The molecule has 1 saturated heterocycles. The van der Waals surface area contributed by atoms with Crippen molar-refractivity contribution in [1.29, 1.82) is 0 Å². The highest BCUT2D eigenvalue weighted by Crippen LogP contribution is 2.01. The number of rotatable bonds is 5. The molecule has 0 atom stereocenters. The number of unbranched alkanes of at least 4 members (excludes halogenated alkanes) is 1. The van der Waals surface area contributed by atoms with Gasteiger partial charge in [-0.3, -0.25) is 19.3 Å². The van der Waals surface area contributed by atoms with Crippen LogP contribution in [0.2, 0.25) is 0 Å². The molecule has 1 aliphatic rings. The summed E-state index contributed by atoms with van der Waals surface area (Å²) in [6.07, 6.45) is 1.69. The fourth-order valence-corrected chi connectivity index (χ4v) is 1.20. The first kappa shape index (κ1) is 12.6. The summed E-state index contributed by atoms with van der Waals surface area (Å²) in [7, 11) is 0. The van der Waals surface area contributed by atoms with Crippen molar-refractivity contribution in [2.24, 2.45) is 0 Å². The van der Waals surface area contributed by atoms with Gasteiger partial charge in [-0.1, -0.05) is 13.3 Å². The van der Waals surface area contributed by atoms with Crippen molar-refractivity contribution in [3.63, 3.8) is 0 Å². The van der Waals surface area contributed by atoms with Gasteiger partial charge < -0.3 is 9.47 Å². The van der Waals surface area contributed by atoms with E-state index in [0.717, 1.165) is 17.7 Å². The maximum atomic E-state index is 11.3. The molecular formula is C10H15NO5. The Balaban J connectivity index is 2.36. The number of carbonyl (C=O) groups excluding carboxylic acids is 3. The van der Waals surface area contributed by atoms with Gasteiger partial charge in [-0.25, -0.2) is 0 Å². The number of morpholine rings is 1. The minimum atomic E-state index is -0.558. The molecule has 1 fully saturated rings.